The Bertz CT molecular complexity index is 443. The molecule has 0 aliphatic heterocycles. The van der Waals surface area contributed by atoms with E-state index in [1.165, 1.54) is 12.1 Å². The lowest BCUT2D eigenvalue weighted by Crippen LogP contribution is -1.96. The van der Waals surface area contributed by atoms with E-state index in [-0.39, 0.29) is 4.90 Å². The molecule has 1 rings (SSSR count). The Morgan fingerprint density at radius 2 is 1.81 bits per heavy atom. The smallest absolute Gasteiger partial charge is 0.282 e. The lowest BCUT2D eigenvalue weighted by molar-refractivity contribution is 0.483. The lowest BCUT2D eigenvalue weighted by atomic mass is 10.2. The molecule has 1 aromatic carbocycles. The van der Waals surface area contributed by atoms with E-state index in [9.17, 15) is 8.42 Å². The zero-order valence-electron chi connectivity index (χ0n) is 9.34. The Balaban J connectivity index is 0.000000385. The molecular formula is C11H15NO3S. The van der Waals surface area contributed by atoms with Gasteiger partial charge in [-0.15, -0.1) is 0 Å². The highest BCUT2D eigenvalue weighted by Gasteiger charge is 2.06. The predicted molar refractivity (Wildman–Crippen MR) is 61.5 cm³/mol. The van der Waals surface area contributed by atoms with E-state index in [2.05, 4.69) is 0 Å². The average molecular weight is 241 g/mol. The van der Waals surface area contributed by atoms with Crippen molar-refractivity contribution in [2.24, 2.45) is 0 Å². The Kier molecular flexibility index (Phi) is 6.38. The van der Waals surface area contributed by atoms with Gasteiger partial charge in [0.2, 0.25) is 0 Å². The standard InChI is InChI=1S/C7H8O3S.C4H7N/c1-6-2-4-7(5-3-6)11(8,9)10;1-2-3-4-5/h2-5H,1H3,(H,8,9,10);2-3H2,1H3. The molecule has 0 heterocycles. The van der Waals surface area contributed by atoms with Crippen molar-refractivity contribution in [3.63, 3.8) is 0 Å². The van der Waals surface area contributed by atoms with Crippen LogP contribution in [0.2, 0.25) is 0 Å². The van der Waals surface area contributed by atoms with Gasteiger partial charge in [0, 0.05) is 6.42 Å². The van der Waals surface area contributed by atoms with Crippen molar-refractivity contribution < 1.29 is 13.0 Å². The molecular weight excluding hydrogens is 226 g/mol. The first-order valence-electron chi connectivity index (χ1n) is 4.83. The molecule has 5 heteroatoms. The third kappa shape index (κ3) is 6.17. The normalized spacial score (nSPS) is 9.88. The highest BCUT2D eigenvalue weighted by atomic mass is 32.2. The first-order valence-corrected chi connectivity index (χ1v) is 6.27. The molecule has 0 atom stereocenters. The molecule has 4 nitrogen and oxygen atoms in total. The van der Waals surface area contributed by atoms with Crippen LogP contribution in [0.15, 0.2) is 29.2 Å². The minimum absolute atomic E-state index is 0.0666. The van der Waals surface area contributed by atoms with E-state index in [0.717, 1.165) is 12.0 Å². The molecule has 0 amide bonds. The second-order valence-electron chi connectivity index (χ2n) is 3.20. The molecule has 0 fully saturated rings. The summed E-state index contributed by atoms with van der Waals surface area (Å²) in [4.78, 5) is -0.0666. The van der Waals surface area contributed by atoms with Crippen LogP contribution in [0.3, 0.4) is 0 Å². The highest BCUT2D eigenvalue weighted by molar-refractivity contribution is 7.85. The fourth-order valence-corrected chi connectivity index (χ4v) is 1.30. The van der Waals surface area contributed by atoms with E-state index in [0.29, 0.717) is 6.42 Å². The number of hydrogen-bond donors (Lipinski definition) is 1. The van der Waals surface area contributed by atoms with Crippen molar-refractivity contribution >= 4 is 10.1 Å². The Morgan fingerprint density at radius 3 is 2.06 bits per heavy atom. The van der Waals surface area contributed by atoms with Crippen LogP contribution in [-0.4, -0.2) is 13.0 Å². The van der Waals surface area contributed by atoms with E-state index >= 15 is 0 Å². The van der Waals surface area contributed by atoms with E-state index in [1.54, 1.807) is 12.1 Å². The molecule has 0 aromatic heterocycles. The summed E-state index contributed by atoms with van der Waals surface area (Å²) in [6.45, 7) is 3.83. The SMILES string of the molecule is CCCC#N.Cc1ccc(S(=O)(=O)O)cc1. The fraction of sp³-hybridized carbons (Fsp3) is 0.364. The van der Waals surface area contributed by atoms with Crippen LogP contribution in [0.5, 0.6) is 0 Å². The maximum Gasteiger partial charge on any atom is 0.294 e. The van der Waals surface area contributed by atoms with Crippen molar-refractivity contribution in [3.05, 3.63) is 29.8 Å². The van der Waals surface area contributed by atoms with Gasteiger partial charge in [0.25, 0.3) is 10.1 Å². The second-order valence-corrected chi connectivity index (χ2v) is 4.62. The summed E-state index contributed by atoms with van der Waals surface area (Å²) in [7, 11) is -4.02. The molecule has 0 bridgehead atoms. The number of nitrogens with zero attached hydrogens (tertiary/aromatic N) is 1. The predicted octanol–water partition coefficient (Wildman–Crippen LogP) is 2.55. The van der Waals surface area contributed by atoms with Gasteiger partial charge < -0.3 is 0 Å². The van der Waals surface area contributed by atoms with Crippen LogP contribution in [0.1, 0.15) is 25.3 Å². The molecule has 16 heavy (non-hydrogen) atoms. The van der Waals surface area contributed by atoms with Crippen LogP contribution < -0.4 is 0 Å². The molecule has 1 aromatic rings. The van der Waals surface area contributed by atoms with Crippen molar-refractivity contribution in [2.45, 2.75) is 31.6 Å². The van der Waals surface area contributed by atoms with E-state index < -0.39 is 10.1 Å². The largest absolute Gasteiger partial charge is 0.294 e. The van der Waals surface area contributed by atoms with Gasteiger partial charge in [-0.05, 0) is 25.5 Å². The molecule has 1 N–H and O–H groups in total. The quantitative estimate of drug-likeness (QED) is 0.807. The number of hydrogen-bond acceptors (Lipinski definition) is 3. The van der Waals surface area contributed by atoms with Crippen LogP contribution >= 0.6 is 0 Å². The summed E-state index contributed by atoms with van der Waals surface area (Å²) in [6.07, 6.45) is 1.68. The van der Waals surface area contributed by atoms with Gasteiger partial charge in [0.05, 0.1) is 11.0 Å². The molecule has 0 radical (unpaired) electrons. The number of nitriles is 1. The summed E-state index contributed by atoms with van der Waals surface area (Å²) in [5.41, 5.74) is 0.956. The fourth-order valence-electron chi connectivity index (χ4n) is 0.822. The molecule has 0 spiro atoms. The zero-order valence-corrected chi connectivity index (χ0v) is 10.2. The molecule has 0 aliphatic carbocycles. The number of rotatable bonds is 2. The van der Waals surface area contributed by atoms with E-state index in [4.69, 9.17) is 9.81 Å². The zero-order chi connectivity index (χ0) is 12.6. The van der Waals surface area contributed by atoms with Crippen molar-refractivity contribution in [2.75, 3.05) is 0 Å². The van der Waals surface area contributed by atoms with Crippen molar-refractivity contribution in [1.82, 2.24) is 0 Å². The molecule has 0 saturated heterocycles. The van der Waals surface area contributed by atoms with Crippen molar-refractivity contribution in [1.29, 1.82) is 5.26 Å². The molecule has 0 unspecified atom stereocenters. The molecule has 88 valence electrons. The third-order valence-corrected chi connectivity index (χ3v) is 2.55. The number of unbranched alkanes of at least 4 members (excludes halogenated alkanes) is 1. The molecule has 0 saturated carbocycles. The maximum absolute atomic E-state index is 10.5. The van der Waals surface area contributed by atoms with Crippen LogP contribution in [0.4, 0.5) is 0 Å². The van der Waals surface area contributed by atoms with Gasteiger partial charge in [-0.1, -0.05) is 24.6 Å². The number of benzene rings is 1. The lowest BCUT2D eigenvalue weighted by Gasteiger charge is -1.95. The Hall–Kier alpha value is -1.38. The summed E-state index contributed by atoms with van der Waals surface area (Å²) < 4.78 is 29.6. The van der Waals surface area contributed by atoms with Crippen molar-refractivity contribution in [3.8, 4) is 6.07 Å². The topological polar surface area (TPSA) is 78.2 Å². The van der Waals surface area contributed by atoms with Gasteiger partial charge in [-0.3, -0.25) is 4.55 Å². The third-order valence-electron chi connectivity index (χ3n) is 1.68. The summed E-state index contributed by atoms with van der Waals surface area (Å²) in [6, 6.07) is 8.00. The monoisotopic (exact) mass is 241 g/mol. The van der Waals surface area contributed by atoms with Gasteiger partial charge >= 0.3 is 0 Å². The van der Waals surface area contributed by atoms with E-state index in [1.807, 2.05) is 19.9 Å². The van der Waals surface area contributed by atoms with Crippen LogP contribution in [-0.2, 0) is 10.1 Å². The summed E-state index contributed by atoms with van der Waals surface area (Å²) >= 11 is 0. The second kappa shape index (κ2) is 6.99. The van der Waals surface area contributed by atoms with Gasteiger partial charge in [0.1, 0.15) is 0 Å². The maximum atomic E-state index is 10.5. The first kappa shape index (κ1) is 14.6. The van der Waals surface area contributed by atoms with Crippen LogP contribution in [0, 0.1) is 18.3 Å². The highest BCUT2D eigenvalue weighted by Crippen LogP contribution is 2.08. The average Bonchev–Trinajstić information content (AvgIpc) is 2.19. The Morgan fingerprint density at radius 1 is 1.31 bits per heavy atom. The molecule has 0 aliphatic rings. The first-order chi connectivity index (χ1) is 7.41. The minimum atomic E-state index is -4.02. The minimum Gasteiger partial charge on any atom is -0.282 e. The van der Waals surface area contributed by atoms with Crippen LogP contribution in [0.25, 0.3) is 0 Å². The van der Waals surface area contributed by atoms with Gasteiger partial charge in [-0.2, -0.15) is 13.7 Å². The summed E-state index contributed by atoms with van der Waals surface area (Å²) in [5.74, 6) is 0. The van der Waals surface area contributed by atoms with Gasteiger partial charge in [0.15, 0.2) is 0 Å². The van der Waals surface area contributed by atoms with Gasteiger partial charge in [-0.25, -0.2) is 0 Å². The summed E-state index contributed by atoms with van der Waals surface area (Å²) in [5, 5.41) is 7.82. The Labute approximate surface area is 96.3 Å². The number of aryl methyl sites for hydroxylation is 1.